The summed E-state index contributed by atoms with van der Waals surface area (Å²) in [7, 11) is 0. The molecule has 1 aromatic heterocycles. The number of ether oxygens (including phenoxy) is 1. The molecule has 174 valence electrons. The molecule has 0 aliphatic heterocycles. The van der Waals surface area contributed by atoms with E-state index in [-0.39, 0.29) is 12.5 Å². The fourth-order valence-electron chi connectivity index (χ4n) is 3.80. The van der Waals surface area contributed by atoms with Crippen molar-refractivity contribution in [2.24, 2.45) is 5.92 Å². The number of nitrogens with zero attached hydrogens (tertiary/aromatic N) is 1. The predicted molar refractivity (Wildman–Crippen MR) is 125 cm³/mol. The van der Waals surface area contributed by atoms with Crippen LogP contribution in [0.25, 0.3) is 0 Å². The van der Waals surface area contributed by atoms with Crippen molar-refractivity contribution in [2.75, 3.05) is 5.32 Å². The van der Waals surface area contributed by atoms with E-state index >= 15 is 0 Å². The monoisotopic (exact) mass is 442 g/mol. The third kappa shape index (κ3) is 5.99. The van der Waals surface area contributed by atoms with Crippen molar-refractivity contribution in [3.05, 3.63) is 46.1 Å². The van der Waals surface area contributed by atoms with E-state index in [1.165, 1.54) is 0 Å². The third-order valence-corrected chi connectivity index (χ3v) is 5.63. The second-order valence-electron chi connectivity index (χ2n) is 8.18. The zero-order chi connectivity index (χ0) is 24.0. The average molecular weight is 443 g/mol. The van der Waals surface area contributed by atoms with Crippen LogP contribution in [0.4, 0.5) is 11.5 Å². The lowest BCUT2D eigenvalue weighted by molar-refractivity contribution is -0.154. The van der Waals surface area contributed by atoms with Crippen LogP contribution in [0.2, 0.25) is 0 Å². The number of nitrogens with one attached hydrogen (secondary N) is 1. The minimum absolute atomic E-state index is 0.0651. The van der Waals surface area contributed by atoms with E-state index in [1.807, 2.05) is 41.5 Å². The van der Waals surface area contributed by atoms with Crippen molar-refractivity contribution in [1.82, 2.24) is 4.98 Å². The molecular weight excluding hydrogens is 408 g/mol. The van der Waals surface area contributed by atoms with Crippen molar-refractivity contribution in [3.63, 3.8) is 0 Å². The smallest absolute Gasteiger partial charge is 0.318 e. The maximum absolute atomic E-state index is 11.7. The van der Waals surface area contributed by atoms with Crippen LogP contribution in [0.1, 0.15) is 61.6 Å². The minimum atomic E-state index is -1.60. The van der Waals surface area contributed by atoms with Gasteiger partial charge in [-0.1, -0.05) is 38.5 Å². The lowest BCUT2D eigenvalue weighted by Gasteiger charge is -2.23. The summed E-state index contributed by atoms with van der Waals surface area (Å²) in [6.45, 7) is 12.0. The molecule has 0 aliphatic rings. The van der Waals surface area contributed by atoms with Crippen LogP contribution in [0.15, 0.2) is 18.2 Å². The number of benzene rings is 1. The molecule has 0 aliphatic carbocycles. The standard InChI is InChI=1S/C25H34N2O5/c1-7-17-12-21(32-18(8-2)9-3)19(13-20(24(28)29)25(30)31)23(26-17)27-22-15(5)10-14(4)11-16(22)6/h10-12,18,20H,7-9,13H2,1-6H3,(H,26,27)(H,28,29)(H,30,31). The van der Waals surface area contributed by atoms with Gasteiger partial charge in [0.1, 0.15) is 11.6 Å². The number of carboxylic acid groups (broad SMARTS) is 2. The van der Waals surface area contributed by atoms with Gasteiger partial charge in [-0.15, -0.1) is 0 Å². The summed E-state index contributed by atoms with van der Waals surface area (Å²) < 4.78 is 6.24. The van der Waals surface area contributed by atoms with Crippen LogP contribution in [0.5, 0.6) is 5.75 Å². The van der Waals surface area contributed by atoms with E-state index in [0.29, 0.717) is 23.6 Å². The Labute approximate surface area is 189 Å². The van der Waals surface area contributed by atoms with Crippen LogP contribution in [-0.4, -0.2) is 33.2 Å². The summed E-state index contributed by atoms with van der Waals surface area (Å²) in [4.78, 5) is 28.0. The number of pyridine rings is 1. The van der Waals surface area contributed by atoms with Crippen LogP contribution < -0.4 is 10.1 Å². The zero-order valence-electron chi connectivity index (χ0n) is 19.8. The topological polar surface area (TPSA) is 109 Å². The lowest BCUT2D eigenvalue weighted by Crippen LogP contribution is -2.27. The van der Waals surface area contributed by atoms with Crippen molar-refractivity contribution in [2.45, 2.75) is 73.3 Å². The number of carboxylic acids is 2. The van der Waals surface area contributed by atoms with E-state index in [0.717, 1.165) is 40.9 Å². The van der Waals surface area contributed by atoms with Crippen molar-refractivity contribution in [3.8, 4) is 5.75 Å². The molecule has 0 fully saturated rings. The molecule has 0 spiro atoms. The van der Waals surface area contributed by atoms with Gasteiger partial charge < -0.3 is 20.3 Å². The van der Waals surface area contributed by atoms with Crippen molar-refractivity contribution in [1.29, 1.82) is 0 Å². The second kappa shape index (κ2) is 11.0. The van der Waals surface area contributed by atoms with Crippen LogP contribution in [-0.2, 0) is 22.4 Å². The second-order valence-corrected chi connectivity index (χ2v) is 8.18. The Balaban J connectivity index is 2.69. The normalized spacial score (nSPS) is 11.1. The summed E-state index contributed by atoms with van der Waals surface area (Å²) in [5, 5.41) is 22.4. The Morgan fingerprint density at radius 2 is 1.56 bits per heavy atom. The zero-order valence-corrected chi connectivity index (χ0v) is 19.8. The minimum Gasteiger partial charge on any atom is -0.490 e. The summed E-state index contributed by atoms with van der Waals surface area (Å²) >= 11 is 0. The summed E-state index contributed by atoms with van der Waals surface area (Å²) in [6, 6.07) is 5.91. The maximum Gasteiger partial charge on any atom is 0.318 e. The molecule has 0 bridgehead atoms. The molecule has 7 heteroatoms. The van der Waals surface area contributed by atoms with Gasteiger partial charge in [0, 0.05) is 29.4 Å². The first kappa shape index (κ1) is 25.2. The van der Waals surface area contributed by atoms with Gasteiger partial charge in [0.25, 0.3) is 0 Å². The highest BCUT2D eigenvalue weighted by Gasteiger charge is 2.30. The van der Waals surface area contributed by atoms with Gasteiger partial charge in [0.05, 0.1) is 6.10 Å². The molecule has 3 N–H and O–H groups in total. The Morgan fingerprint density at radius 3 is 2.03 bits per heavy atom. The number of hydrogen-bond acceptors (Lipinski definition) is 5. The van der Waals surface area contributed by atoms with Crippen LogP contribution in [0.3, 0.4) is 0 Å². The molecule has 0 atom stereocenters. The quantitative estimate of drug-likeness (QED) is 0.410. The number of hydrogen-bond donors (Lipinski definition) is 3. The fourth-order valence-corrected chi connectivity index (χ4v) is 3.80. The first-order valence-corrected chi connectivity index (χ1v) is 11.1. The molecule has 7 nitrogen and oxygen atoms in total. The van der Waals surface area contributed by atoms with E-state index in [1.54, 1.807) is 6.07 Å². The number of aromatic nitrogens is 1. The van der Waals surface area contributed by atoms with E-state index in [2.05, 4.69) is 17.4 Å². The molecular formula is C25H34N2O5. The summed E-state index contributed by atoms with van der Waals surface area (Å²) in [5.74, 6) is -3.46. The highest BCUT2D eigenvalue weighted by Crippen LogP contribution is 2.34. The van der Waals surface area contributed by atoms with Gasteiger partial charge in [-0.05, 0) is 51.2 Å². The van der Waals surface area contributed by atoms with Crippen molar-refractivity contribution >= 4 is 23.4 Å². The van der Waals surface area contributed by atoms with Gasteiger partial charge in [-0.25, -0.2) is 4.98 Å². The molecule has 1 heterocycles. The summed E-state index contributed by atoms with van der Waals surface area (Å²) in [6.07, 6.45) is 1.91. The molecule has 2 aromatic rings. The van der Waals surface area contributed by atoms with E-state index in [4.69, 9.17) is 9.72 Å². The molecule has 32 heavy (non-hydrogen) atoms. The largest absolute Gasteiger partial charge is 0.490 e. The first-order chi connectivity index (χ1) is 15.1. The molecule has 1 aromatic carbocycles. The number of aryl methyl sites for hydroxylation is 4. The summed E-state index contributed by atoms with van der Waals surface area (Å²) in [5.41, 5.74) is 5.29. The van der Waals surface area contributed by atoms with E-state index < -0.39 is 17.9 Å². The molecule has 0 radical (unpaired) electrons. The number of aliphatic carboxylic acids is 2. The van der Waals surface area contributed by atoms with Crippen LogP contribution >= 0.6 is 0 Å². The third-order valence-electron chi connectivity index (χ3n) is 5.63. The van der Waals surface area contributed by atoms with E-state index in [9.17, 15) is 19.8 Å². The van der Waals surface area contributed by atoms with Crippen LogP contribution in [0, 0.1) is 26.7 Å². The fraction of sp³-hybridized carbons (Fsp3) is 0.480. The average Bonchev–Trinajstić information content (AvgIpc) is 2.72. The molecule has 0 saturated carbocycles. The SMILES string of the molecule is CCc1cc(OC(CC)CC)c(CC(C(=O)O)C(=O)O)c(Nc2c(C)cc(C)cc2C)n1. The maximum atomic E-state index is 11.7. The highest BCUT2D eigenvalue weighted by molar-refractivity contribution is 5.93. The van der Waals surface area contributed by atoms with Gasteiger partial charge in [0.15, 0.2) is 5.92 Å². The van der Waals surface area contributed by atoms with Gasteiger partial charge in [-0.3, -0.25) is 9.59 Å². The van der Waals surface area contributed by atoms with Gasteiger partial charge in [-0.2, -0.15) is 0 Å². The number of carbonyl (C=O) groups is 2. The Kier molecular flexibility index (Phi) is 8.63. The van der Waals surface area contributed by atoms with Gasteiger partial charge in [0.2, 0.25) is 0 Å². The highest BCUT2D eigenvalue weighted by atomic mass is 16.5. The predicted octanol–water partition coefficient (Wildman–Crippen LogP) is 5.21. The number of rotatable bonds is 11. The molecule has 0 saturated heterocycles. The Bertz CT molecular complexity index is 946. The molecule has 0 amide bonds. The molecule has 2 rings (SSSR count). The van der Waals surface area contributed by atoms with Crippen molar-refractivity contribution < 1.29 is 24.5 Å². The molecule has 0 unspecified atom stereocenters. The Morgan fingerprint density at radius 1 is 1.00 bits per heavy atom. The van der Waals surface area contributed by atoms with Gasteiger partial charge >= 0.3 is 11.9 Å². The first-order valence-electron chi connectivity index (χ1n) is 11.1. The Hall–Kier alpha value is -3.09. The number of anilines is 2. The lowest BCUT2D eigenvalue weighted by atomic mass is 9.97.